The molecular weight excluding hydrogens is 290 g/mol. The maximum absolute atomic E-state index is 12.3. The Hall–Kier alpha value is -2.62. The SMILES string of the molecule is CC1(C)CCc2cc(C(=O)/C=C/c3cccnc3)c(O)cc2O1. The van der Waals surface area contributed by atoms with Gasteiger partial charge in [-0.15, -0.1) is 0 Å². The summed E-state index contributed by atoms with van der Waals surface area (Å²) in [4.78, 5) is 16.3. The molecular formula is C19H19NO3. The van der Waals surface area contributed by atoms with Crippen LogP contribution in [0, 0.1) is 0 Å². The number of ketones is 1. The summed E-state index contributed by atoms with van der Waals surface area (Å²) in [6, 6.07) is 6.94. The summed E-state index contributed by atoms with van der Waals surface area (Å²) >= 11 is 0. The quantitative estimate of drug-likeness (QED) is 0.692. The van der Waals surface area contributed by atoms with Crippen LogP contribution in [0.1, 0.15) is 41.8 Å². The summed E-state index contributed by atoms with van der Waals surface area (Å²) in [7, 11) is 0. The van der Waals surface area contributed by atoms with Crippen LogP contribution in [0.5, 0.6) is 11.5 Å². The van der Waals surface area contributed by atoms with Crippen molar-refractivity contribution >= 4 is 11.9 Å². The molecule has 0 aliphatic carbocycles. The minimum atomic E-state index is -0.245. The normalized spacial score (nSPS) is 15.9. The lowest BCUT2D eigenvalue weighted by atomic mass is 9.92. The highest BCUT2D eigenvalue weighted by Gasteiger charge is 2.28. The zero-order chi connectivity index (χ0) is 16.4. The fourth-order valence-corrected chi connectivity index (χ4v) is 2.62. The van der Waals surface area contributed by atoms with E-state index in [-0.39, 0.29) is 17.1 Å². The van der Waals surface area contributed by atoms with Crippen LogP contribution in [0.4, 0.5) is 0 Å². The number of fused-ring (bicyclic) bond motifs is 1. The van der Waals surface area contributed by atoms with Crippen molar-refractivity contribution in [3.8, 4) is 11.5 Å². The Kier molecular flexibility index (Phi) is 3.90. The number of phenolic OH excluding ortho intramolecular Hbond substituents is 1. The molecule has 2 heterocycles. The molecule has 118 valence electrons. The molecule has 0 bridgehead atoms. The molecule has 1 N–H and O–H groups in total. The van der Waals surface area contributed by atoms with Gasteiger partial charge in [0, 0.05) is 18.5 Å². The Morgan fingerprint density at radius 1 is 1.39 bits per heavy atom. The zero-order valence-electron chi connectivity index (χ0n) is 13.2. The number of nitrogens with zero attached hydrogens (tertiary/aromatic N) is 1. The van der Waals surface area contributed by atoms with E-state index in [4.69, 9.17) is 4.74 Å². The Morgan fingerprint density at radius 3 is 2.96 bits per heavy atom. The average Bonchev–Trinajstić information content (AvgIpc) is 2.52. The highest BCUT2D eigenvalue weighted by molar-refractivity contribution is 6.08. The molecule has 1 aliphatic heterocycles. The second-order valence-electron chi connectivity index (χ2n) is 6.32. The van der Waals surface area contributed by atoms with Crippen LogP contribution >= 0.6 is 0 Å². The van der Waals surface area contributed by atoms with E-state index < -0.39 is 0 Å². The van der Waals surface area contributed by atoms with E-state index in [0.29, 0.717) is 11.3 Å². The summed E-state index contributed by atoms with van der Waals surface area (Å²) in [5.74, 6) is 0.368. The summed E-state index contributed by atoms with van der Waals surface area (Å²) in [6.45, 7) is 4.03. The minimum Gasteiger partial charge on any atom is -0.507 e. The molecule has 0 saturated carbocycles. The first kappa shape index (κ1) is 15.3. The predicted octanol–water partition coefficient (Wildman–Crippen LogP) is 3.79. The number of aromatic nitrogens is 1. The molecule has 0 unspecified atom stereocenters. The van der Waals surface area contributed by atoms with Gasteiger partial charge < -0.3 is 9.84 Å². The Labute approximate surface area is 135 Å². The number of carbonyl (C=O) groups is 1. The molecule has 0 saturated heterocycles. The number of aryl methyl sites for hydroxylation is 1. The number of phenols is 1. The summed E-state index contributed by atoms with van der Waals surface area (Å²) in [5, 5.41) is 10.2. The van der Waals surface area contributed by atoms with Crippen LogP contribution in [-0.4, -0.2) is 21.5 Å². The van der Waals surface area contributed by atoms with Gasteiger partial charge in [-0.05, 0) is 62.1 Å². The van der Waals surface area contributed by atoms with Crippen LogP contribution in [0.3, 0.4) is 0 Å². The topological polar surface area (TPSA) is 59.4 Å². The first-order valence-corrected chi connectivity index (χ1v) is 7.62. The van der Waals surface area contributed by atoms with E-state index in [9.17, 15) is 9.90 Å². The van der Waals surface area contributed by atoms with E-state index in [1.165, 1.54) is 6.08 Å². The number of carbonyl (C=O) groups excluding carboxylic acids is 1. The second-order valence-corrected chi connectivity index (χ2v) is 6.32. The van der Waals surface area contributed by atoms with Crippen molar-refractivity contribution in [1.29, 1.82) is 0 Å². The summed E-state index contributed by atoms with van der Waals surface area (Å²) in [6.07, 6.45) is 8.20. The van der Waals surface area contributed by atoms with E-state index in [0.717, 1.165) is 24.0 Å². The predicted molar refractivity (Wildman–Crippen MR) is 88.7 cm³/mol. The monoisotopic (exact) mass is 309 g/mol. The number of allylic oxidation sites excluding steroid dienone is 1. The van der Waals surface area contributed by atoms with Crippen molar-refractivity contribution in [3.63, 3.8) is 0 Å². The van der Waals surface area contributed by atoms with Crippen molar-refractivity contribution in [2.75, 3.05) is 0 Å². The van der Waals surface area contributed by atoms with Crippen LogP contribution in [0.2, 0.25) is 0 Å². The molecule has 3 rings (SSSR count). The second kappa shape index (κ2) is 5.88. The van der Waals surface area contributed by atoms with Crippen LogP contribution in [0.15, 0.2) is 42.7 Å². The van der Waals surface area contributed by atoms with E-state index in [1.807, 2.05) is 19.9 Å². The molecule has 0 fully saturated rings. The Balaban J connectivity index is 1.86. The van der Waals surface area contributed by atoms with E-state index >= 15 is 0 Å². The number of hydrogen-bond donors (Lipinski definition) is 1. The molecule has 0 atom stereocenters. The number of aromatic hydroxyl groups is 1. The third kappa shape index (κ3) is 3.42. The first-order chi connectivity index (χ1) is 10.9. The van der Waals surface area contributed by atoms with Gasteiger partial charge in [-0.1, -0.05) is 6.07 Å². The number of hydrogen-bond acceptors (Lipinski definition) is 4. The summed E-state index contributed by atoms with van der Waals surface area (Å²) in [5.41, 5.74) is 1.85. The minimum absolute atomic E-state index is 0.0534. The average molecular weight is 309 g/mol. The van der Waals surface area contributed by atoms with Crippen molar-refractivity contribution in [3.05, 3.63) is 59.4 Å². The third-order valence-corrected chi connectivity index (χ3v) is 3.94. The molecule has 1 aliphatic rings. The molecule has 4 nitrogen and oxygen atoms in total. The Bertz CT molecular complexity index is 764. The number of benzene rings is 1. The molecule has 1 aromatic heterocycles. The zero-order valence-corrected chi connectivity index (χ0v) is 13.2. The first-order valence-electron chi connectivity index (χ1n) is 7.62. The smallest absolute Gasteiger partial charge is 0.189 e. The molecule has 23 heavy (non-hydrogen) atoms. The highest BCUT2D eigenvalue weighted by Crippen LogP contribution is 2.37. The molecule has 1 aromatic carbocycles. The fourth-order valence-electron chi connectivity index (χ4n) is 2.62. The van der Waals surface area contributed by atoms with Crippen molar-refractivity contribution in [2.45, 2.75) is 32.3 Å². The number of rotatable bonds is 3. The largest absolute Gasteiger partial charge is 0.507 e. The molecule has 0 spiro atoms. The van der Waals surface area contributed by atoms with Gasteiger partial charge in [0.2, 0.25) is 0 Å². The van der Waals surface area contributed by atoms with Gasteiger partial charge >= 0.3 is 0 Å². The molecule has 0 amide bonds. The molecule has 0 radical (unpaired) electrons. The lowest BCUT2D eigenvalue weighted by Gasteiger charge is -2.32. The van der Waals surface area contributed by atoms with Gasteiger partial charge in [0.1, 0.15) is 17.1 Å². The van der Waals surface area contributed by atoms with Crippen molar-refractivity contribution < 1.29 is 14.6 Å². The van der Waals surface area contributed by atoms with Gasteiger partial charge in [0.05, 0.1) is 5.56 Å². The third-order valence-electron chi connectivity index (χ3n) is 3.94. The molecule has 2 aromatic rings. The maximum atomic E-state index is 12.3. The van der Waals surface area contributed by atoms with Gasteiger partial charge in [0.15, 0.2) is 5.78 Å². The van der Waals surface area contributed by atoms with Crippen LogP contribution < -0.4 is 4.74 Å². The lowest BCUT2D eigenvalue weighted by molar-refractivity contribution is 0.0842. The lowest BCUT2D eigenvalue weighted by Crippen LogP contribution is -2.32. The van der Waals surface area contributed by atoms with Crippen molar-refractivity contribution in [2.24, 2.45) is 0 Å². The molecule has 4 heteroatoms. The Morgan fingerprint density at radius 2 is 2.22 bits per heavy atom. The number of ether oxygens (including phenoxy) is 1. The van der Waals surface area contributed by atoms with E-state index in [2.05, 4.69) is 4.98 Å². The van der Waals surface area contributed by atoms with Crippen LogP contribution in [0.25, 0.3) is 6.08 Å². The summed E-state index contributed by atoms with van der Waals surface area (Å²) < 4.78 is 5.87. The van der Waals surface area contributed by atoms with Crippen LogP contribution in [-0.2, 0) is 6.42 Å². The standard InChI is InChI=1S/C19H19NO3/c1-19(2)8-7-14-10-15(17(22)11-18(14)23-19)16(21)6-5-13-4-3-9-20-12-13/h3-6,9-12,22H,7-8H2,1-2H3/b6-5+. The number of pyridine rings is 1. The van der Waals surface area contributed by atoms with E-state index in [1.54, 1.807) is 36.7 Å². The fraction of sp³-hybridized carbons (Fsp3) is 0.263. The van der Waals surface area contributed by atoms with Gasteiger partial charge in [-0.2, -0.15) is 0 Å². The van der Waals surface area contributed by atoms with Crippen molar-refractivity contribution in [1.82, 2.24) is 4.98 Å². The van der Waals surface area contributed by atoms with Gasteiger partial charge in [-0.25, -0.2) is 0 Å². The van der Waals surface area contributed by atoms with Gasteiger partial charge in [0.25, 0.3) is 0 Å². The maximum Gasteiger partial charge on any atom is 0.189 e. The highest BCUT2D eigenvalue weighted by atomic mass is 16.5. The van der Waals surface area contributed by atoms with Gasteiger partial charge in [-0.3, -0.25) is 9.78 Å².